The van der Waals surface area contributed by atoms with E-state index in [0.717, 1.165) is 4.90 Å². The predicted molar refractivity (Wildman–Crippen MR) is 101 cm³/mol. The van der Waals surface area contributed by atoms with Crippen molar-refractivity contribution in [1.82, 2.24) is 4.72 Å². The number of aryl methyl sites for hydroxylation is 2. The number of benzene rings is 2. The molecule has 0 aliphatic carbocycles. The Morgan fingerprint density at radius 1 is 1.16 bits per heavy atom. The molecule has 0 spiro atoms. The van der Waals surface area contributed by atoms with Gasteiger partial charge in [-0.3, -0.25) is 4.79 Å². The summed E-state index contributed by atoms with van der Waals surface area (Å²) in [5.41, 5.74) is 3.47. The summed E-state index contributed by atoms with van der Waals surface area (Å²) in [5.74, 6) is -0.115. The first-order valence-electron chi connectivity index (χ1n) is 7.91. The van der Waals surface area contributed by atoms with E-state index in [0.29, 0.717) is 17.7 Å². The van der Waals surface area contributed by atoms with E-state index in [-0.39, 0.29) is 16.1 Å². The predicted octanol–water partition coefficient (Wildman–Crippen LogP) is 2.87. The second-order valence-electron chi connectivity index (χ2n) is 6.10. The molecule has 2 aromatic carbocycles. The summed E-state index contributed by atoms with van der Waals surface area (Å²) >= 11 is 1.55. The van der Waals surface area contributed by atoms with E-state index in [4.69, 9.17) is 0 Å². The van der Waals surface area contributed by atoms with Crippen molar-refractivity contribution in [3.8, 4) is 0 Å². The number of carbonyl (C=O) groups is 1. The minimum Gasteiger partial charge on any atom is -0.325 e. The van der Waals surface area contributed by atoms with E-state index >= 15 is 0 Å². The zero-order valence-corrected chi connectivity index (χ0v) is 15.9. The Morgan fingerprint density at radius 2 is 1.92 bits per heavy atom. The number of amides is 1. The van der Waals surface area contributed by atoms with Gasteiger partial charge in [-0.05, 0) is 56.6 Å². The molecule has 2 N–H and O–H groups in total. The monoisotopic (exact) mass is 376 g/mol. The molecule has 5 nitrogen and oxygen atoms in total. The number of carbonyl (C=O) groups excluding carboxylic acids is 1. The second kappa shape index (κ2) is 6.82. The van der Waals surface area contributed by atoms with Gasteiger partial charge < -0.3 is 5.32 Å². The van der Waals surface area contributed by atoms with Crippen LogP contribution in [0.3, 0.4) is 0 Å². The Hall–Kier alpha value is -1.83. The van der Waals surface area contributed by atoms with Gasteiger partial charge in [-0.15, -0.1) is 11.8 Å². The van der Waals surface area contributed by atoms with E-state index in [1.165, 1.54) is 24.2 Å². The van der Waals surface area contributed by atoms with Gasteiger partial charge >= 0.3 is 0 Å². The van der Waals surface area contributed by atoms with Crippen molar-refractivity contribution in [2.24, 2.45) is 0 Å². The quantitative estimate of drug-likeness (QED) is 0.860. The second-order valence-corrected chi connectivity index (χ2v) is 9.20. The molecule has 1 atom stereocenters. The Bertz CT molecular complexity index is 939. The molecule has 2 aromatic rings. The smallest absolute Gasteiger partial charge is 0.240 e. The third-order valence-corrected chi connectivity index (χ3v) is 7.06. The number of sulfonamides is 1. The minimum absolute atomic E-state index is 0.115. The number of rotatable bonds is 4. The van der Waals surface area contributed by atoms with Crippen LogP contribution < -0.4 is 10.0 Å². The van der Waals surface area contributed by atoms with Gasteiger partial charge in [-0.1, -0.05) is 23.8 Å². The molecule has 0 saturated carbocycles. The number of hydrogen-bond acceptors (Lipinski definition) is 4. The number of nitrogens with one attached hydrogen (secondary N) is 2. The van der Waals surface area contributed by atoms with Crippen LogP contribution in [0.25, 0.3) is 0 Å². The van der Waals surface area contributed by atoms with Crippen LogP contribution in [0, 0.1) is 13.8 Å². The summed E-state index contributed by atoms with van der Waals surface area (Å²) in [7, 11) is -2.19. The number of hydrogen-bond donors (Lipinski definition) is 2. The summed E-state index contributed by atoms with van der Waals surface area (Å²) in [6.07, 6.45) is 0.680. The summed E-state index contributed by atoms with van der Waals surface area (Å²) < 4.78 is 26.4. The van der Waals surface area contributed by atoms with Crippen LogP contribution in [0.5, 0.6) is 0 Å². The van der Waals surface area contributed by atoms with E-state index in [2.05, 4.69) is 28.2 Å². The van der Waals surface area contributed by atoms with E-state index in [9.17, 15) is 13.2 Å². The molecule has 1 aliphatic rings. The normalized spacial score (nSPS) is 16.5. The molecule has 0 radical (unpaired) electrons. The average Bonchev–Trinajstić information content (AvgIpc) is 2.99. The highest BCUT2D eigenvalue weighted by atomic mass is 32.2. The fraction of sp³-hybridized carbons (Fsp3) is 0.278. The first kappa shape index (κ1) is 18.0. The Balaban J connectivity index is 1.78. The molecule has 0 bridgehead atoms. The Labute approximate surface area is 152 Å². The van der Waals surface area contributed by atoms with Crippen LogP contribution >= 0.6 is 11.8 Å². The molecular formula is C18H20N2O3S2. The highest BCUT2D eigenvalue weighted by Gasteiger charge is 2.28. The largest absolute Gasteiger partial charge is 0.325 e. The lowest BCUT2D eigenvalue weighted by molar-refractivity contribution is -0.115. The van der Waals surface area contributed by atoms with Crippen molar-refractivity contribution >= 4 is 33.4 Å². The fourth-order valence-electron chi connectivity index (χ4n) is 2.78. The van der Waals surface area contributed by atoms with Gasteiger partial charge in [-0.2, -0.15) is 0 Å². The van der Waals surface area contributed by atoms with Crippen LogP contribution in [0.1, 0.15) is 16.7 Å². The molecule has 1 heterocycles. The molecule has 25 heavy (non-hydrogen) atoms. The molecule has 7 heteroatoms. The molecule has 0 aromatic heterocycles. The molecule has 3 rings (SSSR count). The SMILES string of the molecule is CNS(=O)(=O)c1cc(NC(=O)C2Cc3ccc(C)cc3S2)ccc1C. The van der Waals surface area contributed by atoms with Gasteiger partial charge in [0.25, 0.3) is 0 Å². The van der Waals surface area contributed by atoms with Crippen LogP contribution in [-0.2, 0) is 21.2 Å². The summed E-state index contributed by atoms with van der Waals surface area (Å²) in [4.78, 5) is 13.9. The van der Waals surface area contributed by atoms with Gasteiger partial charge in [-0.25, -0.2) is 13.1 Å². The highest BCUT2D eigenvalue weighted by molar-refractivity contribution is 8.01. The molecule has 0 fully saturated rings. The van der Waals surface area contributed by atoms with Crippen molar-refractivity contribution in [3.05, 3.63) is 53.1 Å². The molecular weight excluding hydrogens is 356 g/mol. The number of fused-ring (bicyclic) bond motifs is 1. The summed E-state index contributed by atoms with van der Waals surface area (Å²) in [6.45, 7) is 3.76. The zero-order valence-electron chi connectivity index (χ0n) is 14.3. The van der Waals surface area contributed by atoms with Gasteiger partial charge in [0, 0.05) is 10.6 Å². The molecule has 0 saturated heterocycles. The maximum Gasteiger partial charge on any atom is 0.240 e. The Morgan fingerprint density at radius 3 is 2.64 bits per heavy atom. The lowest BCUT2D eigenvalue weighted by atomic mass is 10.1. The first-order chi connectivity index (χ1) is 11.8. The first-order valence-corrected chi connectivity index (χ1v) is 10.3. The van der Waals surface area contributed by atoms with Gasteiger partial charge in [0.2, 0.25) is 15.9 Å². The van der Waals surface area contributed by atoms with Crippen molar-refractivity contribution in [1.29, 1.82) is 0 Å². The summed E-state index contributed by atoms with van der Waals surface area (Å²) in [6, 6.07) is 11.1. The molecule has 1 unspecified atom stereocenters. The van der Waals surface area contributed by atoms with E-state index < -0.39 is 10.0 Å². The highest BCUT2D eigenvalue weighted by Crippen LogP contribution is 2.38. The van der Waals surface area contributed by atoms with Crippen LogP contribution in [-0.4, -0.2) is 26.6 Å². The van der Waals surface area contributed by atoms with Crippen LogP contribution in [0.15, 0.2) is 46.2 Å². The van der Waals surface area contributed by atoms with Gasteiger partial charge in [0.05, 0.1) is 10.1 Å². The van der Waals surface area contributed by atoms with Crippen molar-refractivity contribution in [3.63, 3.8) is 0 Å². The van der Waals surface area contributed by atoms with Crippen molar-refractivity contribution in [2.75, 3.05) is 12.4 Å². The van der Waals surface area contributed by atoms with Gasteiger partial charge in [0.1, 0.15) is 0 Å². The fourth-order valence-corrected chi connectivity index (χ4v) is 5.07. The Kier molecular flexibility index (Phi) is 4.90. The third kappa shape index (κ3) is 3.73. The number of anilines is 1. The maximum absolute atomic E-state index is 12.6. The van der Waals surface area contributed by atoms with E-state index in [1.54, 1.807) is 30.8 Å². The topological polar surface area (TPSA) is 75.3 Å². The third-order valence-electron chi connectivity index (χ3n) is 4.20. The van der Waals surface area contributed by atoms with Crippen molar-refractivity contribution in [2.45, 2.75) is 35.3 Å². The summed E-state index contributed by atoms with van der Waals surface area (Å²) in [5, 5.41) is 2.64. The lowest BCUT2D eigenvalue weighted by Crippen LogP contribution is -2.25. The van der Waals surface area contributed by atoms with E-state index in [1.807, 2.05) is 6.92 Å². The maximum atomic E-state index is 12.6. The average molecular weight is 377 g/mol. The van der Waals surface area contributed by atoms with Gasteiger partial charge in [0.15, 0.2) is 0 Å². The zero-order chi connectivity index (χ0) is 18.2. The van der Waals surface area contributed by atoms with Crippen LogP contribution in [0.2, 0.25) is 0 Å². The lowest BCUT2D eigenvalue weighted by Gasteiger charge is -2.12. The molecule has 1 aliphatic heterocycles. The minimum atomic E-state index is -3.56. The van der Waals surface area contributed by atoms with Crippen molar-refractivity contribution < 1.29 is 13.2 Å². The number of thioether (sulfide) groups is 1. The standard InChI is InChI=1S/C18H20N2O3S2/c1-11-4-6-13-9-16(24-15(13)8-11)18(21)20-14-7-5-12(2)17(10-14)25(22,23)19-3/h4-8,10,16,19H,9H2,1-3H3,(H,20,21). The molecule has 132 valence electrons. The van der Waals surface area contributed by atoms with Crippen LogP contribution in [0.4, 0.5) is 5.69 Å². The molecule has 1 amide bonds.